The highest BCUT2D eigenvalue weighted by Crippen LogP contribution is 2.32. The van der Waals surface area contributed by atoms with Crippen LogP contribution in [0.1, 0.15) is 25.3 Å². The van der Waals surface area contributed by atoms with Crippen LogP contribution in [0.25, 0.3) is 0 Å². The van der Waals surface area contributed by atoms with Gasteiger partial charge in [-0.1, -0.05) is 25.1 Å². The highest BCUT2D eigenvalue weighted by Gasteiger charge is 2.34. The number of hydrogen-bond acceptors (Lipinski definition) is 4. The number of carbonyl (C=O) groups excluding carboxylic acids is 1. The Kier molecular flexibility index (Phi) is 6.90. The van der Waals surface area contributed by atoms with Crippen LogP contribution in [0.15, 0.2) is 44.4 Å². The molecule has 0 unspecified atom stereocenters. The number of piperidine rings is 1. The molecule has 0 radical (unpaired) electrons. The number of nitrogens with zero attached hydrogens (tertiary/aromatic N) is 1. The Morgan fingerprint density at radius 2 is 1.96 bits per heavy atom. The van der Waals surface area contributed by atoms with Gasteiger partial charge in [0.1, 0.15) is 10.0 Å². The molecule has 1 saturated heterocycles. The summed E-state index contributed by atoms with van der Waals surface area (Å²) in [5.41, 5.74) is 0.450. The molecule has 0 bridgehead atoms. The van der Waals surface area contributed by atoms with Crippen molar-refractivity contribution in [1.29, 1.82) is 0 Å². The minimum Gasteiger partial charge on any atom is -0.352 e. The van der Waals surface area contributed by atoms with Crippen molar-refractivity contribution in [1.82, 2.24) is 9.62 Å². The Labute approximate surface area is 177 Å². The molecular weight excluding hydrogens is 467 g/mol. The smallest absolute Gasteiger partial charge is 0.252 e. The summed E-state index contributed by atoms with van der Waals surface area (Å²) in [4.78, 5) is 12.5. The van der Waals surface area contributed by atoms with E-state index in [1.807, 2.05) is 6.92 Å². The molecule has 1 atom stereocenters. The topological polar surface area (TPSA) is 66.5 Å². The predicted molar refractivity (Wildman–Crippen MR) is 111 cm³/mol. The monoisotopic (exact) mass is 488 g/mol. The van der Waals surface area contributed by atoms with Crippen molar-refractivity contribution in [2.24, 2.45) is 11.8 Å². The van der Waals surface area contributed by atoms with Crippen molar-refractivity contribution < 1.29 is 17.6 Å². The molecule has 5 nitrogen and oxygen atoms in total. The molecule has 1 aliphatic heterocycles. The van der Waals surface area contributed by atoms with Crippen molar-refractivity contribution in [2.75, 3.05) is 13.1 Å². The average molecular weight is 489 g/mol. The lowest BCUT2D eigenvalue weighted by molar-refractivity contribution is -0.126. The van der Waals surface area contributed by atoms with Crippen LogP contribution >= 0.6 is 27.3 Å². The molecule has 0 spiro atoms. The van der Waals surface area contributed by atoms with Gasteiger partial charge in [0, 0.05) is 31.1 Å². The van der Waals surface area contributed by atoms with Crippen molar-refractivity contribution in [3.05, 3.63) is 51.6 Å². The molecule has 2 aromatic rings. The van der Waals surface area contributed by atoms with Gasteiger partial charge in [-0.05, 0) is 52.9 Å². The van der Waals surface area contributed by atoms with E-state index in [-0.39, 0.29) is 30.1 Å². The van der Waals surface area contributed by atoms with Gasteiger partial charge >= 0.3 is 0 Å². The molecule has 1 fully saturated rings. The van der Waals surface area contributed by atoms with E-state index in [2.05, 4.69) is 21.2 Å². The first-order valence-corrected chi connectivity index (χ1v) is 12.1. The summed E-state index contributed by atoms with van der Waals surface area (Å²) in [5.74, 6) is -0.629. The molecule has 1 aliphatic rings. The van der Waals surface area contributed by atoms with Gasteiger partial charge in [0.25, 0.3) is 10.0 Å². The number of sulfonamides is 1. The second kappa shape index (κ2) is 9.02. The van der Waals surface area contributed by atoms with Gasteiger partial charge in [-0.15, -0.1) is 11.3 Å². The van der Waals surface area contributed by atoms with Crippen LogP contribution in [0.4, 0.5) is 4.39 Å². The van der Waals surface area contributed by atoms with E-state index in [9.17, 15) is 17.6 Å². The van der Waals surface area contributed by atoms with E-state index in [1.54, 1.807) is 30.3 Å². The fourth-order valence-electron chi connectivity index (χ4n) is 3.38. The first-order valence-electron chi connectivity index (χ1n) is 9.05. The molecule has 9 heteroatoms. The number of carbonyl (C=O) groups is 1. The third kappa shape index (κ3) is 4.82. The number of halogens is 2. The van der Waals surface area contributed by atoms with Gasteiger partial charge in [-0.3, -0.25) is 4.79 Å². The van der Waals surface area contributed by atoms with Crippen LogP contribution in [0.5, 0.6) is 0 Å². The normalized spacial score (nSPS) is 17.4. The second-order valence-electron chi connectivity index (χ2n) is 6.90. The van der Waals surface area contributed by atoms with Crippen molar-refractivity contribution in [3.63, 3.8) is 0 Å². The van der Waals surface area contributed by atoms with Crippen LogP contribution < -0.4 is 5.32 Å². The van der Waals surface area contributed by atoms with E-state index in [0.29, 0.717) is 35.7 Å². The Balaban J connectivity index is 1.54. The number of thiophene rings is 1. The molecule has 0 aliphatic carbocycles. The van der Waals surface area contributed by atoms with E-state index < -0.39 is 10.0 Å². The van der Waals surface area contributed by atoms with E-state index >= 15 is 0 Å². The number of rotatable bonds is 6. The number of nitrogens with one attached hydrogen (secondary N) is 1. The average Bonchev–Trinajstić information content (AvgIpc) is 3.14. The lowest BCUT2D eigenvalue weighted by atomic mass is 9.85. The third-order valence-corrected chi connectivity index (χ3v) is 9.16. The van der Waals surface area contributed by atoms with E-state index in [4.69, 9.17) is 0 Å². The van der Waals surface area contributed by atoms with Crippen LogP contribution in [-0.4, -0.2) is 31.7 Å². The first-order chi connectivity index (χ1) is 13.3. The largest absolute Gasteiger partial charge is 0.352 e. The summed E-state index contributed by atoms with van der Waals surface area (Å²) in [6.45, 7) is 2.79. The minimum absolute atomic E-state index is 0.0992. The molecule has 1 aromatic heterocycles. The standard InChI is InChI=1S/C19H22BrFN2O3S2/c1-13(19(24)22-12-15-4-2-3-5-16(15)21)14-8-10-23(11-9-14)28(25,26)18-7-6-17(20)27-18/h2-7,13-14H,8-12H2,1H3,(H,22,24)/t13-/m1/s1. The zero-order valence-electron chi connectivity index (χ0n) is 15.4. The van der Waals surface area contributed by atoms with Crippen LogP contribution in [0, 0.1) is 17.7 Å². The van der Waals surface area contributed by atoms with Crippen molar-refractivity contribution >= 4 is 43.2 Å². The SMILES string of the molecule is C[C@@H](C(=O)NCc1ccccc1F)C1CCN(S(=O)(=O)c2ccc(Br)s2)CC1. The molecule has 1 aromatic carbocycles. The molecule has 1 amide bonds. The van der Waals surface area contributed by atoms with Crippen LogP contribution in [0.2, 0.25) is 0 Å². The summed E-state index contributed by atoms with van der Waals surface area (Å²) in [5, 5.41) is 2.79. The second-order valence-corrected chi connectivity index (χ2v) is 11.5. The van der Waals surface area contributed by atoms with Gasteiger partial charge in [-0.25, -0.2) is 12.8 Å². The first kappa shape index (κ1) is 21.4. The molecule has 0 saturated carbocycles. The maximum Gasteiger partial charge on any atom is 0.252 e. The number of hydrogen-bond donors (Lipinski definition) is 1. The summed E-state index contributed by atoms with van der Waals surface area (Å²) >= 11 is 4.50. The zero-order valence-corrected chi connectivity index (χ0v) is 18.6. The third-order valence-electron chi connectivity index (χ3n) is 5.17. The van der Waals surface area contributed by atoms with Crippen molar-refractivity contribution in [2.45, 2.75) is 30.5 Å². The predicted octanol–water partition coefficient (Wildman–Crippen LogP) is 4.00. The van der Waals surface area contributed by atoms with Gasteiger partial charge in [0.05, 0.1) is 3.79 Å². The molecule has 28 heavy (non-hydrogen) atoms. The summed E-state index contributed by atoms with van der Waals surface area (Å²) in [7, 11) is -3.48. The fourth-order valence-corrected chi connectivity index (χ4v) is 7.01. The Morgan fingerprint density at radius 1 is 1.29 bits per heavy atom. The quantitative estimate of drug-likeness (QED) is 0.667. The van der Waals surface area contributed by atoms with Gasteiger partial charge < -0.3 is 5.32 Å². The Hall–Kier alpha value is -1.29. The van der Waals surface area contributed by atoms with Crippen molar-refractivity contribution in [3.8, 4) is 0 Å². The number of benzene rings is 1. The van der Waals surface area contributed by atoms with E-state index in [0.717, 1.165) is 3.79 Å². The van der Waals surface area contributed by atoms with Crippen LogP contribution in [0.3, 0.4) is 0 Å². The van der Waals surface area contributed by atoms with Gasteiger partial charge in [-0.2, -0.15) is 4.31 Å². The Bertz CT molecular complexity index is 940. The maximum absolute atomic E-state index is 13.7. The molecule has 3 rings (SSSR count). The highest BCUT2D eigenvalue weighted by molar-refractivity contribution is 9.11. The molecule has 152 valence electrons. The maximum atomic E-state index is 13.7. The molecule has 2 heterocycles. The minimum atomic E-state index is -3.48. The van der Waals surface area contributed by atoms with Gasteiger partial charge in [0.15, 0.2) is 0 Å². The lowest BCUT2D eigenvalue weighted by Crippen LogP contribution is -2.42. The highest BCUT2D eigenvalue weighted by atomic mass is 79.9. The lowest BCUT2D eigenvalue weighted by Gasteiger charge is -2.33. The number of amides is 1. The Morgan fingerprint density at radius 3 is 2.57 bits per heavy atom. The van der Waals surface area contributed by atoms with Gasteiger partial charge in [0.2, 0.25) is 5.91 Å². The summed E-state index contributed by atoms with van der Waals surface area (Å²) < 4.78 is 41.7. The van der Waals surface area contributed by atoms with E-state index in [1.165, 1.54) is 21.7 Å². The molecular formula is C19H22BrFN2O3S2. The zero-order chi connectivity index (χ0) is 20.3. The van der Waals surface area contributed by atoms with Crippen LogP contribution in [-0.2, 0) is 21.4 Å². The fraction of sp³-hybridized carbons (Fsp3) is 0.421. The summed E-state index contributed by atoms with van der Waals surface area (Å²) in [6, 6.07) is 9.69. The summed E-state index contributed by atoms with van der Waals surface area (Å²) in [6.07, 6.45) is 1.25. The molecule has 1 N–H and O–H groups in total.